The molecule has 0 spiro atoms. The number of nitrogens with two attached hydrogens (primary N) is 1. The zero-order chi connectivity index (χ0) is 18.7. The van der Waals surface area contributed by atoms with Gasteiger partial charge >= 0.3 is 6.18 Å². The standard InChI is InChI=1S/C16H20F3N3O2S/c1-2-15(21-9-11-22(12-10-21)25(20,23)24)8-5-13-3-6-14(7-4-13)16(17,18)19/h3-4,6-7,15H,2,9-12H2,1H3,(H2,20,23,24)/t15-/m0/s1. The van der Waals surface area contributed by atoms with Crippen molar-refractivity contribution in [2.45, 2.75) is 25.6 Å². The van der Waals surface area contributed by atoms with Crippen molar-refractivity contribution in [3.63, 3.8) is 0 Å². The first-order valence-electron chi connectivity index (χ1n) is 7.82. The molecule has 0 unspecified atom stereocenters. The van der Waals surface area contributed by atoms with Gasteiger partial charge in [-0.25, -0.2) is 5.14 Å². The molecule has 138 valence electrons. The lowest BCUT2D eigenvalue weighted by Gasteiger charge is -2.35. The maximum Gasteiger partial charge on any atom is 0.416 e. The van der Waals surface area contributed by atoms with E-state index < -0.39 is 21.9 Å². The lowest BCUT2D eigenvalue weighted by Crippen LogP contribution is -2.53. The van der Waals surface area contributed by atoms with Gasteiger partial charge in [0, 0.05) is 31.7 Å². The van der Waals surface area contributed by atoms with E-state index in [1.54, 1.807) is 0 Å². The van der Waals surface area contributed by atoms with Gasteiger partial charge in [-0.2, -0.15) is 25.9 Å². The van der Waals surface area contributed by atoms with E-state index in [2.05, 4.69) is 16.7 Å². The average molecular weight is 375 g/mol. The molecule has 1 fully saturated rings. The number of nitrogens with zero attached hydrogens (tertiary/aromatic N) is 2. The monoisotopic (exact) mass is 375 g/mol. The normalized spacial score (nSPS) is 18.4. The molecule has 2 N–H and O–H groups in total. The van der Waals surface area contributed by atoms with Gasteiger partial charge in [0.15, 0.2) is 0 Å². The van der Waals surface area contributed by atoms with Crippen LogP contribution in [0.25, 0.3) is 0 Å². The first kappa shape index (κ1) is 19.7. The summed E-state index contributed by atoms with van der Waals surface area (Å²) in [6.07, 6.45) is -3.63. The van der Waals surface area contributed by atoms with Crippen molar-refractivity contribution in [3.8, 4) is 11.8 Å². The van der Waals surface area contributed by atoms with Crippen LogP contribution in [0.15, 0.2) is 24.3 Å². The Morgan fingerprint density at radius 3 is 2.16 bits per heavy atom. The van der Waals surface area contributed by atoms with E-state index in [4.69, 9.17) is 5.14 Å². The number of alkyl halides is 3. The lowest BCUT2D eigenvalue weighted by atomic mass is 10.1. The summed E-state index contributed by atoms with van der Waals surface area (Å²) in [5.74, 6) is 5.96. The van der Waals surface area contributed by atoms with Gasteiger partial charge in [-0.1, -0.05) is 18.8 Å². The van der Waals surface area contributed by atoms with Gasteiger partial charge in [-0.05, 0) is 30.7 Å². The third kappa shape index (κ3) is 5.44. The van der Waals surface area contributed by atoms with Crippen LogP contribution in [0.3, 0.4) is 0 Å². The Labute approximate surface area is 145 Å². The van der Waals surface area contributed by atoms with E-state index in [9.17, 15) is 21.6 Å². The number of halogens is 3. The highest BCUT2D eigenvalue weighted by Gasteiger charge is 2.30. The fraction of sp³-hybridized carbons (Fsp3) is 0.500. The molecule has 0 saturated carbocycles. The number of piperazine rings is 1. The Bertz CT molecular complexity index is 744. The molecule has 2 rings (SSSR count). The molecular weight excluding hydrogens is 355 g/mol. The lowest BCUT2D eigenvalue weighted by molar-refractivity contribution is -0.137. The molecule has 25 heavy (non-hydrogen) atoms. The number of benzene rings is 1. The highest BCUT2D eigenvalue weighted by Crippen LogP contribution is 2.28. The van der Waals surface area contributed by atoms with Crippen LogP contribution in [0, 0.1) is 11.8 Å². The molecule has 1 aliphatic rings. The smallest absolute Gasteiger partial charge is 0.287 e. The molecule has 1 atom stereocenters. The summed E-state index contributed by atoms with van der Waals surface area (Å²) >= 11 is 0. The quantitative estimate of drug-likeness (QED) is 0.817. The molecule has 0 amide bonds. The SMILES string of the molecule is CC[C@@H](C#Cc1ccc(C(F)(F)F)cc1)N1CCN(S(N)(=O)=O)CC1. The third-order valence-electron chi connectivity index (χ3n) is 4.06. The van der Waals surface area contributed by atoms with Crippen LogP contribution in [0.1, 0.15) is 24.5 Å². The van der Waals surface area contributed by atoms with E-state index >= 15 is 0 Å². The molecule has 1 saturated heterocycles. The largest absolute Gasteiger partial charge is 0.416 e. The first-order valence-corrected chi connectivity index (χ1v) is 9.32. The van der Waals surface area contributed by atoms with Crippen molar-refractivity contribution in [3.05, 3.63) is 35.4 Å². The molecule has 1 aromatic rings. The zero-order valence-electron chi connectivity index (χ0n) is 13.8. The Kier molecular flexibility index (Phi) is 6.11. The van der Waals surface area contributed by atoms with Crippen LogP contribution >= 0.6 is 0 Å². The Balaban J connectivity index is 2.03. The van der Waals surface area contributed by atoms with Crippen molar-refractivity contribution >= 4 is 10.2 Å². The molecule has 0 aromatic heterocycles. The summed E-state index contributed by atoms with van der Waals surface area (Å²) in [6, 6.07) is 4.62. The summed E-state index contributed by atoms with van der Waals surface area (Å²) < 4.78 is 61.5. The Morgan fingerprint density at radius 2 is 1.72 bits per heavy atom. The third-order valence-corrected chi connectivity index (χ3v) is 5.14. The minimum Gasteiger partial charge on any atom is -0.287 e. The van der Waals surface area contributed by atoms with E-state index in [0.717, 1.165) is 18.6 Å². The predicted molar refractivity (Wildman–Crippen MR) is 88.7 cm³/mol. The van der Waals surface area contributed by atoms with Crippen LogP contribution in [0.4, 0.5) is 13.2 Å². The molecule has 0 radical (unpaired) electrons. The first-order chi connectivity index (χ1) is 11.6. The Hall–Kier alpha value is -1.60. The van der Waals surface area contributed by atoms with Crippen molar-refractivity contribution in [1.82, 2.24) is 9.21 Å². The van der Waals surface area contributed by atoms with Gasteiger partial charge in [-0.15, -0.1) is 0 Å². The fourth-order valence-electron chi connectivity index (χ4n) is 2.63. The summed E-state index contributed by atoms with van der Waals surface area (Å²) in [7, 11) is -3.67. The molecule has 1 aliphatic heterocycles. The Morgan fingerprint density at radius 1 is 1.16 bits per heavy atom. The minimum absolute atomic E-state index is 0.0927. The summed E-state index contributed by atoms with van der Waals surface area (Å²) in [4.78, 5) is 2.05. The number of hydrogen-bond acceptors (Lipinski definition) is 3. The van der Waals surface area contributed by atoms with Crippen LogP contribution in [-0.2, 0) is 16.4 Å². The molecule has 1 heterocycles. The second-order valence-corrected chi connectivity index (χ2v) is 7.29. The predicted octanol–water partition coefficient (Wildman–Crippen LogP) is 1.66. The zero-order valence-corrected chi connectivity index (χ0v) is 14.6. The molecule has 9 heteroatoms. The average Bonchev–Trinajstić information content (AvgIpc) is 2.55. The van der Waals surface area contributed by atoms with Gasteiger partial charge in [0.25, 0.3) is 10.2 Å². The molecule has 0 aliphatic carbocycles. The van der Waals surface area contributed by atoms with E-state index in [1.165, 1.54) is 16.4 Å². The topological polar surface area (TPSA) is 66.6 Å². The maximum absolute atomic E-state index is 12.5. The van der Waals surface area contributed by atoms with Gasteiger partial charge in [-0.3, -0.25) is 4.90 Å². The summed E-state index contributed by atoms with van der Waals surface area (Å²) in [6.45, 7) is 3.58. The van der Waals surface area contributed by atoms with Crippen LogP contribution in [0.2, 0.25) is 0 Å². The van der Waals surface area contributed by atoms with E-state index in [-0.39, 0.29) is 6.04 Å². The molecular formula is C16H20F3N3O2S. The van der Waals surface area contributed by atoms with Crippen molar-refractivity contribution in [2.75, 3.05) is 26.2 Å². The minimum atomic E-state index is -4.36. The molecule has 5 nitrogen and oxygen atoms in total. The van der Waals surface area contributed by atoms with E-state index in [1.807, 2.05) is 6.92 Å². The highest BCUT2D eigenvalue weighted by molar-refractivity contribution is 7.86. The van der Waals surface area contributed by atoms with Crippen LogP contribution in [0.5, 0.6) is 0 Å². The van der Waals surface area contributed by atoms with Gasteiger partial charge in [0.1, 0.15) is 0 Å². The van der Waals surface area contributed by atoms with Crippen LogP contribution in [-0.4, -0.2) is 49.8 Å². The van der Waals surface area contributed by atoms with Gasteiger partial charge in [0.05, 0.1) is 11.6 Å². The van der Waals surface area contributed by atoms with Crippen molar-refractivity contribution < 1.29 is 21.6 Å². The second kappa shape index (κ2) is 7.74. The molecule has 1 aromatic carbocycles. The number of hydrogen-bond donors (Lipinski definition) is 1. The molecule has 0 bridgehead atoms. The van der Waals surface area contributed by atoms with Crippen molar-refractivity contribution in [2.24, 2.45) is 5.14 Å². The van der Waals surface area contributed by atoms with Gasteiger partial charge < -0.3 is 0 Å². The maximum atomic E-state index is 12.5. The fourth-order valence-corrected chi connectivity index (χ4v) is 3.30. The second-order valence-electron chi connectivity index (χ2n) is 5.75. The van der Waals surface area contributed by atoms with E-state index in [0.29, 0.717) is 31.7 Å². The highest BCUT2D eigenvalue weighted by atomic mass is 32.2. The van der Waals surface area contributed by atoms with Crippen LogP contribution < -0.4 is 5.14 Å². The number of rotatable bonds is 3. The van der Waals surface area contributed by atoms with Gasteiger partial charge in [0.2, 0.25) is 0 Å². The van der Waals surface area contributed by atoms with Crippen molar-refractivity contribution in [1.29, 1.82) is 0 Å². The summed E-state index contributed by atoms with van der Waals surface area (Å²) in [5, 5.41) is 5.11. The summed E-state index contributed by atoms with van der Waals surface area (Å²) in [5.41, 5.74) is -0.196.